The zero-order valence-electron chi connectivity index (χ0n) is 13.5. The maximum absolute atomic E-state index is 11.8. The lowest BCUT2D eigenvalue weighted by atomic mass is 10.2. The number of amides is 1. The minimum atomic E-state index is -0.324. The van der Waals surface area contributed by atoms with Crippen LogP contribution in [0.1, 0.15) is 16.8 Å². The van der Waals surface area contributed by atoms with Gasteiger partial charge in [-0.15, -0.1) is 0 Å². The zero-order valence-corrected chi connectivity index (χ0v) is 13.5. The zero-order chi connectivity index (χ0) is 16.9. The van der Waals surface area contributed by atoms with Crippen LogP contribution in [-0.4, -0.2) is 28.7 Å². The van der Waals surface area contributed by atoms with Gasteiger partial charge in [0.2, 0.25) is 0 Å². The van der Waals surface area contributed by atoms with E-state index in [9.17, 15) is 4.79 Å². The van der Waals surface area contributed by atoms with Gasteiger partial charge >= 0.3 is 0 Å². The number of benzene rings is 1. The van der Waals surface area contributed by atoms with Crippen LogP contribution in [0.3, 0.4) is 0 Å². The lowest BCUT2D eigenvalue weighted by Crippen LogP contribution is -2.25. The van der Waals surface area contributed by atoms with Crippen LogP contribution in [0.15, 0.2) is 47.8 Å². The molecule has 24 heavy (non-hydrogen) atoms. The summed E-state index contributed by atoms with van der Waals surface area (Å²) in [5.74, 6) is 0.309. The van der Waals surface area contributed by atoms with Gasteiger partial charge in [-0.05, 0) is 48.6 Å². The summed E-state index contributed by atoms with van der Waals surface area (Å²) < 4.78 is 5.53. The van der Waals surface area contributed by atoms with E-state index in [4.69, 9.17) is 4.74 Å². The number of aromatic nitrogens is 2. The largest absolute Gasteiger partial charge is 0.482 e. The lowest BCUT2D eigenvalue weighted by molar-refractivity contribution is -0.123. The summed E-state index contributed by atoms with van der Waals surface area (Å²) in [5, 5.41) is 5.09. The van der Waals surface area contributed by atoms with Gasteiger partial charge in [0.25, 0.3) is 5.91 Å². The third-order valence-electron chi connectivity index (χ3n) is 3.61. The summed E-state index contributed by atoms with van der Waals surface area (Å²) in [6, 6.07) is 9.73. The third kappa shape index (κ3) is 3.60. The van der Waals surface area contributed by atoms with Gasteiger partial charge in [-0.2, -0.15) is 5.10 Å². The molecule has 1 aromatic carbocycles. The highest BCUT2D eigenvalue weighted by Crippen LogP contribution is 2.19. The Morgan fingerprint density at radius 1 is 1.33 bits per heavy atom. The number of hydrogen-bond acceptors (Lipinski definition) is 4. The van der Waals surface area contributed by atoms with E-state index in [-0.39, 0.29) is 12.5 Å². The van der Waals surface area contributed by atoms with Crippen molar-refractivity contribution in [1.82, 2.24) is 15.4 Å². The fourth-order valence-corrected chi connectivity index (χ4v) is 2.39. The maximum atomic E-state index is 11.8. The summed E-state index contributed by atoms with van der Waals surface area (Å²) in [7, 11) is 0. The Labute approximate surface area is 139 Å². The first-order chi connectivity index (χ1) is 11.6. The van der Waals surface area contributed by atoms with Crippen LogP contribution in [0.4, 0.5) is 0 Å². The predicted molar refractivity (Wildman–Crippen MR) is 93.2 cm³/mol. The molecule has 2 N–H and O–H groups in total. The normalized spacial score (nSPS) is 11.1. The Morgan fingerprint density at radius 2 is 2.21 bits per heavy atom. The molecule has 0 aliphatic carbocycles. The van der Waals surface area contributed by atoms with Gasteiger partial charge in [-0.25, -0.2) is 5.43 Å². The summed E-state index contributed by atoms with van der Waals surface area (Å²) in [5.41, 5.74) is 6.07. The van der Waals surface area contributed by atoms with Crippen molar-refractivity contribution in [2.45, 2.75) is 13.8 Å². The van der Waals surface area contributed by atoms with Crippen LogP contribution in [-0.2, 0) is 4.79 Å². The predicted octanol–water partition coefficient (Wildman–Crippen LogP) is 2.71. The molecule has 0 bridgehead atoms. The number of hydrogen-bond donors (Lipinski definition) is 2. The average molecular weight is 322 g/mol. The van der Waals surface area contributed by atoms with Gasteiger partial charge < -0.3 is 9.72 Å². The van der Waals surface area contributed by atoms with Gasteiger partial charge in [0.1, 0.15) is 5.75 Å². The van der Waals surface area contributed by atoms with Crippen molar-refractivity contribution < 1.29 is 9.53 Å². The van der Waals surface area contributed by atoms with Gasteiger partial charge in [-0.3, -0.25) is 9.78 Å². The average Bonchev–Trinajstić information content (AvgIpc) is 3.02. The van der Waals surface area contributed by atoms with Gasteiger partial charge in [0, 0.05) is 17.9 Å². The summed E-state index contributed by atoms with van der Waals surface area (Å²) in [6.07, 6.45) is 5.19. The second-order valence-corrected chi connectivity index (χ2v) is 5.45. The molecule has 0 fully saturated rings. The number of ether oxygens (including phenoxy) is 1. The van der Waals surface area contributed by atoms with E-state index < -0.39 is 0 Å². The number of carbonyl (C=O) groups is 1. The molecule has 0 atom stereocenters. The summed E-state index contributed by atoms with van der Waals surface area (Å²) in [6.45, 7) is 3.65. The van der Waals surface area contributed by atoms with Crippen molar-refractivity contribution in [3.05, 3.63) is 59.5 Å². The quantitative estimate of drug-likeness (QED) is 0.560. The van der Waals surface area contributed by atoms with E-state index in [1.165, 1.54) is 0 Å². The monoisotopic (exact) mass is 322 g/mol. The number of nitrogens with zero attached hydrogens (tertiary/aromatic N) is 2. The fraction of sp³-hybridized carbons (Fsp3) is 0.167. The Bertz CT molecular complexity index is 879. The van der Waals surface area contributed by atoms with E-state index in [2.05, 4.69) is 20.5 Å². The number of pyridine rings is 1. The van der Waals surface area contributed by atoms with Crippen LogP contribution in [0.25, 0.3) is 10.9 Å². The highest BCUT2D eigenvalue weighted by molar-refractivity contribution is 5.89. The molecule has 1 amide bonds. The number of H-pyrrole nitrogens is 1. The molecule has 122 valence electrons. The molecule has 6 heteroatoms. The molecule has 0 unspecified atom stereocenters. The molecule has 0 radical (unpaired) electrons. The van der Waals surface area contributed by atoms with E-state index in [0.29, 0.717) is 5.75 Å². The first kappa shape index (κ1) is 15.7. The second-order valence-electron chi connectivity index (χ2n) is 5.45. The number of rotatable bonds is 5. The maximum Gasteiger partial charge on any atom is 0.277 e. The van der Waals surface area contributed by atoms with E-state index >= 15 is 0 Å². The molecule has 2 aromatic heterocycles. The molecular formula is C18H18N4O2. The van der Waals surface area contributed by atoms with Crippen molar-refractivity contribution in [2.24, 2.45) is 5.10 Å². The number of fused-ring (bicyclic) bond motifs is 1. The molecule has 3 rings (SSSR count). The van der Waals surface area contributed by atoms with Crippen molar-refractivity contribution in [2.75, 3.05) is 6.61 Å². The first-order valence-corrected chi connectivity index (χ1v) is 7.57. The molecule has 0 saturated heterocycles. The molecule has 0 saturated carbocycles. The van der Waals surface area contributed by atoms with E-state index in [0.717, 1.165) is 27.7 Å². The summed E-state index contributed by atoms with van der Waals surface area (Å²) in [4.78, 5) is 19.1. The molecule has 3 aromatic rings. The van der Waals surface area contributed by atoms with Gasteiger partial charge in [0.15, 0.2) is 6.61 Å². The van der Waals surface area contributed by atoms with Crippen LogP contribution >= 0.6 is 0 Å². The lowest BCUT2D eigenvalue weighted by Gasteiger charge is -2.09. The third-order valence-corrected chi connectivity index (χ3v) is 3.61. The van der Waals surface area contributed by atoms with Crippen LogP contribution in [0.5, 0.6) is 5.75 Å². The number of aromatic amines is 1. The van der Waals surface area contributed by atoms with Crippen molar-refractivity contribution in [3.8, 4) is 5.75 Å². The number of carbonyl (C=O) groups excluding carboxylic acids is 1. The molecule has 2 heterocycles. The van der Waals surface area contributed by atoms with Crippen molar-refractivity contribution in [1.29, 1.82) is 0 Å². The Kier molecular flexibility index (Phi) is 4.56. The van der Waals surface area contributed by atoms with Gasteiger partial charge in [-0.1, -0.05) is 12.1 Å². The Morgan fingerprint density at radius 3 is 3.04 bits per heavy atom. The molecule has 0 spiro atoms. The summed E-state index contributed by atoms with van der Waals surface area (Å²) >= 11 is 0. The van der Waals surface area contributed by atoms with Crippen LogP contribution in [0, 0.1) is 13.8 Å². The highest BCUT2D eigenvalue weighted by atomic mass is 16.5. The topological polar surface area (TPSA) is 79.4 Å². The number of aryl methyl sites for hydroxylation is 2. The second kappa shape index (κ2) is 6.95. The molecule has 0 aliphatic rings. The standard InChI is InChI=1S/C18H18N4O2/c1-12-5-7-19-13(2)18(12)24-11-17(23)22-21-10-14-3-4-15-6-8-20-16(15)9-14/h3-10,20H,11H2,1-2H3,(H,22,23). The van der Waals surface area contributed by atoms with Crippen molar-refractivity contribution in [3.63, 3.8) is 0 Å². The van der Waals surface area contributed by atoms with E-state index in [1.807, 2.05) is 50.4 Å². The van der Waals surface area contributed by atoms with Crippen LogP contribution in [0.2, 0.25) is 0 Å². The van der Waals surface area contributed by atoms with Crippen LogP contribution < -0.4 is 10.2 Å². The van der Waals surface area contributed by atoms with Crippen molar-refractivity contribution >= 4 is 23.0 Å². The molecule has 0 aliphatic heterocycles. The number of nitrogens with one attached hydrogen (secondary N) is 2. The SMILES string of the molecule is Cc1ccnc(C)c1OCC(=O)NN=Cc1ccc2cc[nH]c2c1. The first-order valence-electron chi connectivity index (χ1n) is 7.57. The minimum Gasteiger partial charge on any atom is -0.482 e. The smallest absolute Gasteiger partial charge is 0.277 e. The Balaban J connectivity index is 1.55. The van der Waals surface area contributed by atoms with Gasteiger partial charge in [0.05, 0.1) is 11.9 Å². The minimum absolute atomic E-state index is 0.111. The van der Waals surface area contributed by atoms with E-state index in [1.54, 1.807) is 12.4 Å². The fourth-order valence-electron chi connectivity index (χ4n) is 2.39. The molecule has 6 nitrogen and oxygen atoms in total. The Hall–Kier alpha value is -3.15. The number of hydrazone groups is 1. The highest BCUT2D eigenvalue weighted by Gasteiger charge is 2.07. The molecular weight excluding hydrogens is 304 g/mol.